The Balaban J connectivity index is 1.31. The molecule has 2 aliphatic rings. The maximum absolute atomic E-state index is 12.8. The molecule has 2 heterocycles. The van der Waals surface area contributed by atoms with Crippen LogP contribution < -0.4 is 10.6 Å². The molecule has 4 rings (SSSR count). The second-order valence-electron chi connectivity index (χ2n) is 9.12. The molecule has 1 aromatic carbocycles. The number of aryl methyl sites for hydroxylation is 1. The largest absolute Gasteiger partial charge is 0.361 e. The van der Waals surface area contributed by atoms with E-state index in [9.17, 15) is 4.79 Å². The molecule has 1 amide bonds. The lowest BCUT2D eigenvalue weighted by atomic mass is 9.88. The lowest BCUT2D eigenvalue weighted by molar-refractivity contribution is -0.135. The Morgan fingerprint density at radius 1 is 1.23 bits per heavy atom. The molecule has 1 saturated carbocycles. The molecule has 1 saturated heterocycles. The average molecular weight is 424 g/mol. The maximum atomic E-state index is 12.8. The number of hydrogen-bond acceptors (Lipinski definition) is 2. The molecule has 0 bridgehead atoms. The summed E-state index contributed by atoms with van der Waals surface area (Å²) in [6.07, 6.45) is 9.84. The highest BCUT2D eigenvalue weighted by Crippen LogP contribution is 2.27. The third-order valence-corrected chi connectivity index (χ3v) is 6.71. The van der Waals surface area contributed by atoms with Gasteiger partial charge >= 0.3 is 0 Å². The summed E-state index contributed by atoms with van der Waals surface area (Å²) in [7, 11) is 0. The number of aromatic amines is 1. The lowest BCUT2D eigenvalue weighted by Crippen LogP contribution is -2.45. The first-order valence-corrected chi connectivity index (χ1v) is 12.0. The smallest absolute Gasteiger partial charge is 0.225 e. The Hall–Kier alpha value is -2.50. The molecule has 2 aromatic rings. The van der Waals surface area contributed by atoms with E-state index in [-0.39, 0.29) is 12.0 Å². The van der Waals surface area contributed by atoms with Gasteiger partial charge in [0.25, 0.3) is 0 Å². The van der Waals surface area contributed by atoms with Crippen LogP contribution in [0.4, 0.5) is 0 Å². The first kappa shape index (κ1) is 21.7. The molecular weight excluding hydrogens is 386 g/mol. The molecule has 6 heteroatoms. The quantitative estimate of drug-likeness (QED) is 0.489. The van der Waals surface area contributed by atoms with Gasteiger partial charge in [0.2, 0.25) is 5.91 Å². The highest BCUT2D eigenvalue weighted by atomic mass is 16.2. The number of amides is 1. The van der Waals surface area contributed by atoms with Gasteiger partial charge in [0.1, 0.15) is 0 Å². The van der Waals surface area contributed by atoms with E-state index in [1.54, 1.807) is 0 Å². The van der Waals surface area contributed by atoms with E-state index in [4.69, 9.17) is 4.99 Å². The van der Waals surface area contributed by atoms with Crippen LogP contribution in [0.25, 0.3) is 10.9 Å². The van der Waals surface area contributed by atoms with Crippen LogP contribution in [0.15, 0.2) is 29.4 Å². The third kappa shape index (κ3) is 5.41. The molecule has 1 aliphatic carbocycles. The van der Waals surface area contributed by atoms with Crippen molar-refractivity contribution in [2.24, 2.45) is 10.9 Å². The number of aromatic nitrogens is 1. The number of carbonyl (C=O) groups is 1. The Kier molecular flexibility index (Phi) is 7.15. The number of likely N-dealkylation sites (tertiary alicyclic amines) is 1. The lowest BCUT2D eigenvalue weighted by Gasteiger charge is -2.26. The van der Waals surface area contributed by atoms with Gasteiger partial charge in [-0.15, -0.1) is 0 Å². The molecule has 31 heavy (non-hydrogen) atoms. The van der Waals surface area contributed by atoms with E-state index in [1.165, 1.54) is 41.3 Å². The summed E-state index contributed by atoms with van der Waals surface area (Å²) in [5.74, 6) is 1.49. The number of guanidine groups is 1. The van der Waals surface area contributed by atoms with Crippen LogP contribution in [0.5, 0.6) is 0 Å². The van der Waals surface area contributed by atoms with Gasteiger partial charge in [0.15, 0.2) is 5.96 Å². The van der Waals surface area contributed by atoms with Crippen LogP contribution in [0.2, 0.25) is 0 Å². The topological polar surface area (TPSA) is 72.5 Å². The summed E-state index contributed by atoms with van der Waals surface area (Å²) in [6, 6.07) is 6.82. The van der Waals surface area contributed by atoms with Crippen molar-refractivity contribution < 1.29 is 4.79 Å². The molecule has 0 radical (unpaired) electrons. The fourth-order valence-corrected chi connectivity index (χ4v) is 4.99. The van der Waals surface area contributed by atoms with E-state index in [0.717, 1.165) is 57.8 Å². The minimum atomic E-state index is 0.259. The number of nitrogens with one attached hydrogen (secondary N) is 3. The number of nitrogens with zero attached hydrogens (tertiary/aromatic N) is 2. The maximum Gasteiger partial charge on any atom is 0.225 e. The highest BCUT2D eigenvalue weighted by molar-refractivity contribution is 5.84. The Morgan fingerprint density at radius 2 is 2.06 bits per heavy atom. The number of fused-ring (bicyclic) bond motifs is 1. The Labute approximate surface area is 185 Å². The van der Waals surface area contributed by atoms with Crippen molar-refractivity contribution in [1.29, 1.82) is 0 Å². The van der Waals surface area contributed by atoms with E-state index in [1.807, 2.05) is 0 Å². The number of carbonyl (C=O) groups excluding carboxylic acids is 1. The van der Waals surface area contributed by atoms with Gasteiger partial charge in [-0.3, -0.25) is 9.79 Å². The second-order valence-corrected chi connectivity index (χ2v) is 9.12. The highest BCUT2D eigenvalue weighted by Gasteiger charge is 2.31. The van der Waals surface area contributed by atoms with Crippen LogP contribution in [-0.4, -0.2) is 54.0 Å². The average Bonchev–Trinajstić information content (AvgIpc) is 3.41. The minimum Gasteiger partial charge on any atom is -0.361 e. The number of H-pyrrole nitrogens is 1. The van der Waals surface area contributed by atoms with Crippen molar-refractivity contribution in [1.82, 2.24) is 20.5 Å². The van der Waals surface area contributed by atoms with Crippen LogP contribution in [0, 0.1) is 12.8 Å². The summed E-state index contributed by atoms with van der Waals surface area (Å²) in [4.78, 5) is 23.1. The summed E-state index contributed by atoms with van der Waals surface area (Å²) in [5, 5.41) is 8.22. The van der Waals surface area contributed by atoms with Crippen molar-refractivity contribution in [3.63, 3.8) is 0 Å². The summed E-state index contributed by atoms with van der Waals surface area (Å²) >= 11 is 0. The van der Waals surface area contributed by atoms with E-state index in [0.29, 0.717) is 5.91 Å². The van der Waals surface area contributed by atoms with Gasteiger partial charge in [-0.1, -0.05) is 31.4 Å². The van der Waals surface area contributed by atoms with Crippen LogP contribution >= 0.6 is 0 Å². The Morgan fingerprint density at radius 3 is 2.87 bits per heavy atom. The molecule has 1 unspecified atom stereocenters. The normalized spacial score (nSPS) is 20.4. The number of aliphatic imine (C=N–C) groups is 1. The predicted octanol–water partition coefficient (Wildman–Crippen LogP) is 3.76. The zero-order chi connectivity index (χ0) is 21.6. The van der Waals surface area contributed by atoms with Crippen molar-refractivity contribution in [3.8, 4) is 0 Å². The zero-order valence-electron chi connectivity index (χ0n) is 19.0. The van der Waals surface area contributed by atoms with Gasteiger partial charge in [-0.25, -0.2) is 0 Å². The van der Waals surface area contributed by atoms with E-state index >= 15 is 0 Å². The van der Waals surface area contributed by atoms with E-state index < -0.39 is 0 Å². The molecular formula is C25H37N5O. The first-order chi connectivity index (χ1) is 15.1. The van der Waals surface area contributed by atoms with Gasteiger partial charge in [-0.2, -0.15) is 0 Å². The van der Waals surface area contributed by atoms with Gasteiger partial charge in [-0.05, 0) is 56.7 Å². The molecule has 2 fully saturated rings. The number of hydrogen-bond donors (Lipinski definition) is 3. The van der Waals surface area contributed by atoms with Crippen LogP contribution in [0.3, 0.4) is 0 Å². The fraction of sp³-hybridized carbons (Fsp3) is 0.600. The number of rotatable bonds is 6. The van der Waals surface area contributed by atoms with E-state index in [2.05, 4.69) is 58.8 Å². The molecule has 1 aliphatic heterocycles. The van der Waals surface area contributed by atoms with Crippen molar-refractivity contribution in [3.05, 3.63) is 35.5 Å². The fourth-order valence-electron chi connectivity index (χ4n) is 4.99. The molecule has 1 atom stereocenters. The van der Waals surface area contributed by atoms with Gasteiger partial charge in [0.05, 0.1) is 0 Å². The molecule has 6 nitrogen and oxygen atoms in total. The molecule has 1 aromatic heterocycles. The second kappa shape index (κ2) is 10.2. The standard InChI is InChI=1S/C25H37N5O/c1-3-26-25(27-13-11-20-16-28-23-15-18(2)9-10-22(20)23)29-21-12-14-30(17-21)24(31)19-7-5-4-6-8-19/h9-10,15-16,19,21,28H,3-8,11-14,17H2,1-2H3,(H2,26,27,29). The predicted molar refractivity (Wildman–Crippen MR) is 127 cm³/mol. The molecule has 3 N–H and O–H groups in total. The van der Waals surface area contributed by atoms with Crippen LogP contribution in [0.1, 0.15) is 56.6 Å². The zero-order valence-corrected chi connectivity index (χ0v) is 19.0. The Bertz CT molecular complexity index is 912. The van der Waals surface area contributed by atoms with Crippen molar-refractivity contribution in [2.45, 2.75) is 64.8 Å². The van der Waals surface area contributed by atoms with Gasteiger partial charge < -0.3 is 20.5 Å². The van der Waals surface area contributed by atoms with Crippen molar-refractivity contribution in [2.75, 3.05) is 26.2 Å². The molecule has 168 valence electrons. The molecule has 0 spiro atoms. The summed E-state index contributed by atoms with van der Waals surface area (Å²) < 4.78 is 0. The summed E-state index contributed by atoms with van der Waals surface area (Å²) in [6.45, 7) is 7.42. The van der Waals surface area contributed by atoms with Crippen LogP contribution in [-0.2, 0) is 11.2 Å². The third-order valence-electron chi connectivity index (χ3n) is 6.71. The SMILES string of the molecule is CCNC(=NCCc1c[nH]c2cc(C)ccc12)NC1CCN(C(=O)C2CCCCC2)C1. The van der Waals surface area contributed by atoms with Crippen molar-refractivity contribution >= 4 is 22.8 Å². The first-order valence-electron chi connectivity index (χ1n) is 12.0. The summed E-state index contributed by atoms with van der Waals surface area (Å²) in [5.41, 5.74) is 3.77. The minimum absolute atomic E-state index is 0.259. The monoisotopic (exact) mass is 423 g/mol. The van der Waals surface area contributed by atoms with Gasteiger partial charge in [0, 0.05) is 55.2 Å². The number of benzene rings is 1.